The topological polar surface area (TPSA) is 242 Å². The molecular weight excluding hydrogens is 724 g/mol. The maximum absolute atomic E-state index is 12.8. The van der Waals surface area contributed by atoms with Crippen molar-refractivity contribution in [2.45, 2.75) is 125 Å². The number of nitrogens with zero attached hydrogens (tertiary/aromatic N) is 3. The number of thiazole rings is 1. The highest BCUT2D eigenvalue weighted by Gasteiger charge is 2.49. The number of anilines is 1. The van der Waals surface area contributed by atoms with E-state index in [1.165, 1.54) is 45.4 Å². The third kappa shape index (κ3) is 12.1. The van der Waals surface area contributed by atoms with E-state index in [-0.39, 0.29) is 35.9 Å². The van der Waals surface area contributed by atoms with E-state index in [0.29, 0.717) is 10.3 Å². The number of ether oxygens (including phenoxy) is 9. The van der Waals surface area contributed by atoms with Crippen molar-refractivity contribution in [3.8, 4) is 0 Å². The van der Waals surface area contributed by atoms with Crippen molar-refractivity contribution in [2.75, 3.05) is 18.9 Å². The molecule has 0 bridgehead atoms. The second kappa shape index (κ2) is 17.7. The van der Waals surface area contributed by atoms with E-state index in [1.807, 2.05) is 13.8 Å². The molecule has 0 unspecified atom stereocenters. The van der Waals surface area contributed by atoms with Gasteiger partial charge in [0, 0.05) is 74.1 Å². The van der Waals surface area contributed by atoms with Gasteiger partial charge in [0.15, 0.2) is 11.9 Å². The second-order valence-corrected chi connectivity index (χ2v) is 14.3. The van der Waals surface area contributed by atoms with Crippen LogP contribution in [0.1, 0.15) is 82.4 Å². The molecule has 8 atom stereocenters. The minimum Gasteiger partial charge on any atom is -0.463 e. The van der Waals surface area contributed by atoms with Crippen LogP contribution in [0.4, 0.5) is 5.95 Å². The third-order valence-corrected chi connectivity index (χ3v) is 8.70. The summed E-state index contributed by atoms with van der Waals surface area (Å²) in [6.07, 6.45) is -2.86. The first-order chi connectivity index (χ1) is 24.5. The molecule has 0 aliphatic carbocycles. The molecule has 20 heteroatoms. The quantitative estimate of drug-likeness (QED) is 0.185. The molecule has 0 saturated carbocycles. The summed E-state index contributed by atoms with van der Waals surface area (Å²) in [4.78, 5) is 76.6. The van der Waals surface area contributed by atoms with Crippen LogP contribution in [0, 0.1) is 11.8 Å². The Morgan fingerprint density at radius 2 is 1.28 bits per heavy atom. The minimum atomic E-state index is -1.29. The zero-order valence-corrected chi connectivity index (χ0v) is 32.4. The van der Waals surface area contributed by atoms with Gasteiger partial charge in [0.1, 0.15) is 31.5 Å². The molecule has 4 rings (SSSR count). The number of hydrogen-bond acceptors (Lipinski definition) is 19. The highest BCUT2D eigenvalue weighted by Crippen LogP contribution is 2.40. The van der Waals surface area contributed by atoms with Crippen LogP contribution in [0.2, 0.25) is 0 Å². The number of hydrogen-bond donors (Lipinski definition) is 1. The minimum absolute atomic E-state index is 0.00858. The fourth-order valence-corrected chi connectivity index (χ4v) is 6.55. The lowest BCUT2D eigenvalue weighted by molar-refractivity contribution is -0.262. The SMILES string of the molecule is CC(=O)OC[C@H]1O[C@@H](OC(C)=O)[C@H](OC(C)(C)OC(C)=O)[C@@H]1C.CC(=O)OC[C@H]1O[C@@H](n2c(=O)sc3cnc(N)nc32)[C@H](OC(C)(C)OC(C)=O)[C@@H]1C. The summed E-state index contributed by atoms with van der Waals surface area (Å²) in [6.45, 7) is 16.4. The van der Waals surface area contributed by atoms with Crippen LogP contribution in [0.5, 0.6) is 0 Å². The summed E-state index contributed by atoms with van der Waals surface area (Å²) in [5.41, 5.74) is 6.01. The molecule has 19 nitrogen and oxygen atoms in total. The molecule has 296 valence electrons. The zero-order chi connectivity index (χ0) is 40.0. The van der Waals surface area contributed by atoms with Crippen LogP contribution in [-0.4, -0.2) is 99.9 Å². The molecule has 2 aliphatic rings. The van der Waals surface area contributed by atoms with Gasteiger partial charge in [0.25, 0.3) is 0 Å². The van der Waals surface area contributed by atoms with E-state index in [1.54, 1.807) is 27.7 Å². The average Bonchev–Trinajstić information content (AvgIpc) is 3.58. The summed E-state index contributed by atoms with van der Waals surface area (Å²) < 4.78 is 51.0. The van der Waals surface area contributed by atoms with E-state index in [2.05, 4.69) is 9.97 Å². The average molecular weight is 773 g/mol. The van der Waals surface area contributed by atoms with E-state index in [9.17, 15) is 28.8 Å². The first-order valence-corrected chi connectivity index (χ1v) is 17.4. The van der Waals surface area contributed by atoms with Gasteiger partial charge >= 0.3 is 34.7 Å². The van der Waals surface area contributed by atoms with Gasteiger partial charge < -0.3 is 48.4 Å². The molecule has 0 amide bonds. The molecule has 53 heavy (non-hydrogen) atoms. The van der Waals surface area contributed by atoms with Crippen molar-refractivity contribution >= 4 is 57.5 Å². The Kier molecular flexibility index (Phi) is 14.4. The van der Waals surface area contributed by atoms with Gasteiger partial charge in [-0.3, -0.25) is 33.3 Å². The Labute approximate surface area is 309 Å². The fourth-order valence-electron chi connectivity index (χ4n) is 5.73. The highest BCUT2D eigenvalue weighted by atomic mass is 32.1. The van der Waals surface area contributed by atoms with Crippen LogP contribution in [0.3, 0.4) is 0 Å². The van der Waals surface area contributed by atoms with E-state index < -0.39 is 78.4 Å². The zero-order valence-electron chi connectivity index (χ0n) is 31.6. The first kappa shape index (κ1) is 43.2. The van der Waals surface area contributed by atoms with Gasteiger partial charge in [0.2, 0.25) is 23.8 Å². The molecule has 0 radical (unpaired) electrons. The van der Waals surface area contributed by atoms with Crippen molar-refractivity contribution in [2.24, 2.45) is 11.8 Å². The molecule has 0 spiro atoms. The van der Waals surface area contributed by atoms with Gasteiger partial charge in [-0.2, -0.15) is 4.98 Å². The van der Waals surface area contributed by atoms with Gasteiger partial charge in [0.05, 0.1) is 17.0 Å². The smallest absolute Gasteiger partial charge is 0.311 e. The maximum atomic E-state index is 12.8. The number of carbonyl (C=O) groups excluding carboxylic acids is 5. The Balaban J connectivity index is 0.000000297. The molecule has 2 fully saturated rings. The van der Waals surface area contributed by atoms with Crippen LogP contribution in [0.15, 0.2) is 11.0 Å². The summed E-state index contributed by atoms with van der Waals surface area (Å²) >= 11 is 0.946. The fraction of sp³-hybridized carbons (Fsp3) is 0.697. The first-order valence-electron chi connectivity index (χ1n) is 16.6. The molecule has 2 saturated heterocycles. The summed E-state index contributed by atoms with van der Waals surface area (Å²) in [5, 5.41) is 0. The van der Waals surface area contributed by atoms with Gasteiger partial charge in [-0.05, 0) is 0 Å². The van der Waals surface area contributed by atoms with Crippen molar-refractivity contribution < 1.29 is 66.6 Å². The predicted molar refractivity (Wildman–Crippen MR) is 183 cm³/mol. The van der Waals surface area contributed by atoms with Gasteiger partial charge in [-0.15, -0.1) is 0 Å². The normalized spacial score (nSPS) is 25.6. The van der Waals surface area contributed by atoms with Crippen molar-refractivity contribution in [1.29, 1.82) is 0 Å². The van der Waals surface area contributed by atoms with Gasteiger partial charge in [-0.1, -0.05) is 25.2 Å². The lowest BCUT2D eigenvalue weighted by Gasteiger charge is -2.32. The third-order valence-electron chi connectivity index (χ3n) is 7.82. The van der Waals surface area contributed by atoms with Crippen molar-refractivity contribution in [3.05, 3.63) is 15.9 Å². The number of fused-ring (bicyclic) bond motifs is 1. The molecule has 2 aliphatic heterocycles. The highest BCUT2D eigenvalue weighted by molar-refractivity contribution is 7.16. The van der Waals surface area contributed by atoms with Crippen LogP contribution >= 0.6 is 11.3 Å². The molecule has 2 aromatic rings. The van der Waals surface area contributed by atoms with Crippen LogP contribution < -0.4 is 10.6 Å². The Morgan fingerprint density at radius 1 is 0.792 bits per heavy atom. The molecule has 4 heterocycles. The lowest BCUT2D eigenvalue weighted by Crippen LogP contribution is -2.42. The summed E-state index contributed by atoms with van der Waals surface area (Å²) in [5.74, 6) is -5.50. The maximum Gasteiger partial charge on any atom is 0.311 e. The number of esters is 5. The molecular formula is C33H48N4O15S. The predicted octanol–water partition coefficient (Wildman–Crippen LogP) is 2.37. The monoisotopic (exact) mass is 772 g/mol. The summed E-state index contributed by atoms with van der Waals surface area (Å²) in [6, 6.07) is 0. The molecule has 2 N–H and O–H groups in total. The lowest BCUT2D eigenvalue weighted by atomic mass is 10.00. The van der Waals surface area contributed by atoms with Crippen molar-refractivity contribution in [3.63, 3.8) is 0 Å². The van der Waals surface area contributed by atoms with E-state index in [0.717, 1.165) is 11.3 Å². The summed E-state index contributed by atoms with van der Waals surface area (Å²) in [7, 11) is 0. The van der Waals surface area contributed by atoms with Crippen molar-refractivity contribution in [1.82, 2.24) is 14.5 Å². The van der Waals surface area contributed by atoms with Crippen LogP contribution in [0.25, 0.3) is 10.3 Å². The molecule has 0 aromatic carbocycles. The Bertz CT molecular complexity index is 1710. The number of aromatic nitrogens is 3. The number of nitrogens with two attached hydrogens (primary N) is 1. The Hall–Kier alpha value is -4.24. The molecule has 2 aromatic heterocycles. The largest absolute Gasteiger partial charge is 0.463 e. The second-order valence-electron chi connectivity index (χ2n) is 13.3. The van der Waals surface area contributed by atoms with E-state index >= 15 is 0 Å². The van der Waals surface area contributed by atoms with E-state index in [4.69, 9.17) is 48.4 Å². The number of carbonyl (C=O) groups is 5. The Morgan fingerprint density at radius 3 is 1.77 bits per heavy atom. The van der Waals surface area contributed by atoms with Crippen LogP contribution in [-0.2, 0) is 66.6 Å². The van der Waals surface area contributed by atoms with Gasteiger partial charge in [-0.25, -0.2) is 4.98 Å². The number of nitrogen functional groups attached to an aromatic ring is 1. The number of rotatable bonds is 12. The standard InChI is InChI=1S/C18H24N4O7S.C15H24O8/c1-8-11(7-26-9(2)23)27-15(13(8)29-18(4,5)28-10(3)24)22-14-12(30-17(22)25)6-20-16(19)21-14;1-8-12(7-19-9(2)16)21-14(20-10(3)17)13(8)23-15(5,6)22-11(4)18/h6,8,11,13,15H,7H2,1-5H3,(H2,19,20,21);8,12-14H,7H2,1-6H3/t8-,11-,13-,15-;8-,12-,13-,14-/m11/s1.